The first-order chi connectivity index (χ1) is 8.74. The number of likely N-dealkylation sites (N-methyl/N-ethyl adjacent to an activating group) is 2. The fourth-order valence-corrected chi connectivity index (χ4v) is 2.55. The molecule has 0 bridgehead atoms. The van der Waals surface area contributed by atoms with E-state index in [-0.39, 0.29) is 18.3 Å². The Balaban J connectivity index is 0.00000324. The van der Waals surface area contributed by atoms with E-state index in [4.69, 9.17) is 0 Å². The monoisotopic (exact) mass is 304 g/mol. The molecule has 5 heteroatoms. The third-order valence-corrected chi connectivity index (χ3v) is 3.95. The lowest BCUT2D eigenvalue weighted by Crippen LogP contribution is -2.32. The number of carbonyl (C=O) groups excluding carboxylic acids is 1. The zero-order valence-corrected chi connectivity index (χ0v) is 13.5. The summed E-state index contributed by atoms with van der Waals surface area (Å²) in [5.41, 5.74) is 0. The first-order valence-electron chi connectivity index (χ1n) is 6.65. The number of carbonyl (C=O) groups is 1. The number of amides is 1. The quantitative estimate of drug-likeness (QED) is 0.711. The number of rotatable bonds is 9. The zero-order valence-electron chi connectivity index (χ0n) is 11.9. The third kappa shape index (κ3) is 8.24. The van der Waals surface area contributed by atoms with Gasteiger partial charge < -0.3 is 10.2 Å². The van der Waals surface area contributed by atoms with E-state index in [1.807, 2.05) is 30.3 Å². The number of nitrogens with zero attached hydrogens (tertiary/aromatic N) is 1. The molecule has 0 unspecified atom stereocenters. The van der Waals surface area contributed by atoms with Crippen molar-refractivity contribution in [2.45, 2.75) is 32.1 Å². The molecular weight excluding hydrogens is 280 g/mol. The summed E-state index contributed by atoms with van der Waals surface area (Å²) in [5, 5.41) is 5.17. The molecule has 19 heavy (non-hydrogen) atoms. The van der Waals surface area contributed by atoms with Gasteiger partial charge in [-0.25, -0.2) is 0 Å². The minimum absolute atomic E-state index is 0. The fraction of sp³-hybridized carbons (Fsp3) is 0.643. The van der Waals surface area contributed by atoms with Gasteiger partial charge in [0.25, 0.3) is 0 Å². The first kappa shape index (κ1) is 18.4. The second kappa shape index (κ2) is 11.3. The van der Waals surface area contributed by atoms with Gasteiger partial charge in [0, 0.05) is 31.4 Å². The van der Waals surface area contributed by atoms with Crippen LogP contribution in [0.5, 0.6) is 0 Å². The minimum atomic E-state index is 0. The average Bonchev–Trinajstić information content (AvgIpc) is 2.88. The van der Waals surface area contributed by atoms with E-state index in [0.29, 0.717) is 6.42 Å². The van der Waals surface area contributed by atoms with Gasteiger partial charge in [0.15, 0.2) is 0 Å². The van der Waals surface area contributed by atoms with Gasteiger partial charge in [0.1, 0.15) is 0 Å². The van der Waals surface area contributed by atoms with E-state index >= 15 is 0 Å². The highest BCUT2D eigenvalue weighted by Crippen LogP contribution is 2.13. The van der Waals surface area contributed by atoms with Gasteiger partial charge in [0.05, 0.1) is 0 Å². The standard InChI is InChI=1S/C14H24N2OS.ClH/c1-15-10-11-16(2)14(17)9-5-3-4-7-13-8-6-12-18-13;/h6,8,12,15H,3-5,7,9-11H2,1-2H3;1H. The summed E-state index contributed by atoms with van der Waals surface area (Å²) in [7, 11) is 3.79. The van der Waals surface area contributed by atoms with Crippen LogP contribution < -0.4 is 5.32 Å². The van der Waals surface area contributed by atoms with Crippen LogP contribution in [0.25, 0.3) is 0 Å². The number of nitrogens with one attached hydrogen (secondary N) is 1. The molecule has 110 valence electrons. The maximum atomic E-state index is 11.7. The lowest BCUT2D eigenvalue weighted by Gasteiger charge is -2.16. The highest BCUT2D eigenvalue weighted by atomic mass is 35.5. The largest absolute Gasteiger partial charge is 0.344 e. The predicted molar refractivity (Wildman–Crippen MR) is 85.3 cm³/mol. The van der Waals surface area contributed by atoms with Gasteiger partial charge >= 0.3 is 0 Å². The van der Waals surface area contributed by atoms with Crippen molar-refractivity contribution in [1.82, 2.24) is 10.2 Å². The summed E-state index contributed by atoms with van der Waals surface area (Å²) >= 11 is 1.82. The second-order valence-corrected chi connectivity index (χ2v) is 5.59. The molecule has 0 saturated carbocycles. The molecule has 0 fully saturated rings. The van der Waals surface area contributed by atoms with Crippen LogP contribution in [0.1, 0.15) is 30.6 Å². The first-order valence-corrected chi connectivity index (χ1v) is 7.53. The van der Waals surface area contributed by atoms with Crippen LogP contribution in [-0.2, 0) is 11.2 Å². The molecule has 0 atom stereocenters. The average molecular weight is 305 g/mol. The third-order valence-electron chi connectivity index (χ3n) is 3.02. The lowest BCUT2D eigenvalue weighted by molar-refractivity contribution is -0.129. The zero-order chi connectivity index (χ0) is 13.2. The summed E-state index contributed by atoms with van der Waals surface area (Å²) in [4.78, 5) is 15.0. The second-order valence-electron chi connectivity index (χ2n) is 4.56. The molecule has 1 N–H and O–H groups in total. The summed E-state index contributed by atoms with van der Waals surface area (Å²) in [5.74, 6) is 0.265. The van der Waals surface area contributed by atoms with Gasteiger partial charge in [-0.05, 0) is 37.8 Å². The molecule has 0 aliphatic rings. The molecule has 1 aromatic rings. The van der Waals surface area contributed by atoms with Crippen molar-refractivity contribution in [2.24, 2.45) is 0 Å². The molecule has 0 aliphatic carbocycles. The summed E-state index contributed by atoms with van der Waals surface area (Å²) in [6.45, 7) is 1.66. The molecule has 3 nitrogen and oxygen atoms in total. The number of thiophene rings is 1. The highest BCUT2D eigenvalue weighted by molar-refractivity contribution is 7.09. The van der Waals surface area contributed by atoms with E-state index in [0.717, 1.165) is 32.4 Å². The Bertz CT molecular complexity index is 330. The van der Waals surface area contributed by atoms with Crippen LogP contribution in [-0.4, -0.2) is 38.0 Å². The Labute approximate surface area is 126 Å². The number of halogens is 1. The van der Waals surface area contributed by atoms with Gasteiger partial charge in [-0.3, -0.25) is 4.79 Å². The Kier molecular flexibility index (Phi) is 10.9. The maximum Gasteiger partial charge on any atom is 0.222 e. The molecule has 1 heterocycles. The Morgan fingerprint density at radius 2 is 2.16 bits per heavy atom. The van der Waals surface area contributed by atoms with Gasteiger partial charge in [0.2, 0.25) is 5.91 Å². The van der Waals surface area contributed by atoms with E-state index < -0.39 is 0 Å². The molecule has 0 radical (unpaired) electrons. The molecular formula is C14H25ClN2OS. The maximum absolute atomic E-state index is 11.7. The number of unbranched alkanes of at least 4 members (excludes halogenated alkanes) is 2. The van der Waals surface area contributed by atoms with Crippen LogP contribution in [0, 0.1) is 0 Å². The van der Waals surface area contributed by atoms with Crippen molar-refractivity contribution in [3.63, 3.8) is 0 Å². The number of hydrogen-bond acceptors (Lipinski definition) is 3. The lowest BCUT2D eigenvalue weighted by atomic mass is 10.1. The van der Waals surface area contributed by atoms with Crippen molar-refractivity contribution in [3.05, 3.63) is 22.4 Å². The van der Waals surface area contributed by atoms with Crippen LogP contribution in [0.3, 0.4) is 0 Å². The molecule has 1 rings (SSSR count). The van der Waals surface area contributed by atoms with Crippen LogP contribution >= 0.6 is 23.7 Å². The van der Waals surface area contributed by atoms with Gasteiger partial charge in [-0.15, -0.1) is 23.7 Å². The summed E-state index contributed by atoms with van der Waals surface area (Å²) < 4.78 is 0. The van der Waals surface area contributed by atoms with Crippen molar-refractivity contribution in [1.29, 1.82) is 0 Å². The topological polar surface area (TPSA) is 32.3 Å². The minimum Gasteiger partial charge on any atom is -0.344 e. The predicted octanol–water partition coefficient (Wildman–Crippen LogP) is 2.95. The molecule has 0 saturated heterocycles. The number of hydrogen-bond donors (Lipinski definition) is 1. The smallest absolute Gasteiger partial charge is 0.222 e. The molecule has 0 aromatic carbocycles. The molecule has 1 aromatic heterocycles. The SMILES string of the molecule is CNCCN(C)C(=O)CCCCCc1cccs1.Cl. The Morgan fingerprint density at radius 3 is 2.79 bits per heavy atom. The Hall–Kier alpha value is -0.580. The van der Waals surface area contributed by atoms with Crippen molar-refractivity contribution in [3.8, 4) is 0 Å². The van der Waals surface area contributed by atoms with E-state index in [1.54, 1.807) is 0 Å². The van der Waals surface area contributed by atoms with Gasteiger partial charge in [-0.1, -0.05) is 12.5 Å². The fourth-order valence-electron chi connectivity index (χ4n) is 1.80. The van der Waals surface area contributed by atoms with Crippen LogP contribution in [0.15, 0.2) is 17.5 Å². The van der Waals surface area contributed by atoms with E-state index in [2.05, 4.69) is 22.8 Å². The van der Waals surface area contributed by atoms with Crippen LogP contribution in [0.2, 0.25) is 0 Å². The summed E-state index contributed by atoms with van der Waals surface area (Å²) in [6, 6.07) is 4.28. The normalized spacial score (nSPS) is 10.0. The Morgan fingerprint density at radius 1 is 1.37 bits per heavy atom. The summed E-state index contributed by atoms with van der Waals surface area (Å²) in [6.07, 6.45) is 5.18. The van der Waals surface area contributed by atoms with Crippen LogP contribution in [0.4, 0.5) is 0 Å². The van der Waals surface area contributed by atoms with Crippen molar-refractivity contribution < 1.29 is 4.79 Å². The van der Waals surface area contributed by atoms with Gasteiger partial charge in [-0.2, -0.15) is 0 Å². The van der Waals surface area contributed by atoms with E-state index in [1.165, 1.54) is 11.3 Å². The van der Waals surface area contributed by atoms with Crippen molar-refractivity contribution >= 4 is 29.7 Å². The van der Waals surface area contributed by atoms with Crippen molar-refractivity contribution in [2.75, 3.05) is 27.2 Å². The molecule has 0 spiro atoms. The highest BCUT2D eigenvalue weighted by Gasteiger charge is 2.07. The molecule has 1 amide bonds. The number of aryl methyl sites for hydroxylation is 1. The molecule has 0 aliphatic heterocycles. The van der Waals surface area contributed by atoms with E-state index in [9.17, 15) is 4.79 Å².